The van der Waals surface area contributed by atoms with Crippen LogP contribution in [0.5, 0.6) is 17.2 Å². The third-order valence-electron chi connectivity index (χ3n) is 8.40. The molecule has 11 heteroatoms. The van der Waals surface area contributed by atoms with Crippen LogP contribution in [0, 0.1) is 0 Å². The highest BCUT2D eigenvalue weighted by atomic mass is 16.5. The van der Waals surface area contributed by atoms with Crippen LogP contribution < -0.4 is 35.2 Å². The van der Waals surface area contributed by atoms with E-state index in [2.05, 4.69) is 20.5 Å². The van der Waals surface area contributed by atoms with Crippen LogP contribution in [-0.2, 0) is 16.0 Å². The molecular weight excluding hydrogens is 574 g/mol. The van der Waals surface area contributed by atoms with Gasteiger partial charge >= 0.3 is 0 Å². The lowest BCUT2D eigenvalue weighted by molar-refractivity contribution is -0.131. The van der Waals surface area contributed by atoms with E-state index in [1.165, 1.54) is 6.92 Å². The molecule has 1 aromatic heterocycles. The molecule has 45 heavy (non-hydrogen) atoms. The van der Waals surface area contributed by atoms with Gasteiger partial charge in [0.15, 0.2) is 11.5 Å². The standard InChI is InChI=1S/C34H41N5O6/c1-22(40)37-26-12-10-23-20-29(43-2)33(44-3)34(45-4)32(23)24-11-13-27(28(41)21-25(24)26)35-15-7-9-31(42)39-18-16-38(17-19-39)30-8-5-6-14-36-30/h5-6,8,11,13-14,20-21,26H,7,9-10,12,15-19H2,1-4H3,(H,35,41)(H,37,40)/t26-/m1/s1. The van der Waals surface area contributed by atoms with Crippen LogP contribution in [0.3, 0.4) is 0 Å². The molecule has 238 valence electrons. The predicted octanol–water partition coefficient (Wildman–Crippen LogP) is 3.80. The van der Waals surface area contributed by atoms with Crippen molar-refractivity contribution in [2.24, 2.45) is 0 Å². The lowest BCUT2D eigenvalue weighted by atomic mass is 9.95. The Hall–Kier alpha value is -4.80. The number of methoxy groups -OCH3 is 3. The van der Waals surface area contributed by atoms with Gasteiger partial charge in [-0.2, -0.15) is 0 Å². The minimum Gasteiger partial charge on any atom is -0.493 e. The molecule has 1 atom stereocenters. The van der Waals surface area contributed by atoms with Gasteiger partial charge in [-0.1, -0.05) is 12.1 Å². The van der Waals surface area contributed by atoms with Gasteiger partial charge in [-0.05, 0) is 66.3 Å². The fourth-order valence-corrected chi connectivity index (χ4v) is 6.20. The van der Waals surface area contributed by atoms with E-state index in [9.17, 15) is 14.4 Å². The first-order valence-corrected chi connectivity index (χ1v) is 15.3. The van der Waals surface area contributed by atoms with Gasteiger partial charge in [0, 0.05) is 57.8 Å². The summed E-state index contributed by atoms with van der Waals surface area (Å²) in [4.78, 5) is 47.1. The van der Waals surface area contributed by atoms with Crippen LogP contribution in [0.4, 0.5) is 11.5 Å². The smallest absolute Gasteiger partial charge is 0.222 e. The molecule has 2 aliphatic rings. The molecule has 1 aliphatic heterocycles. The SMILES string of the molecule is COc1cc2c(c(OC)c1OC)-c1ccc(NCCCC(=O)N3CCN(c4ccccn4)CC3)c(=O)cc1[C@H](NC(C)=O)CC2. The van der Waals surface area contributed by atoms with E-state index >= 15 is 0 Å². The molecule has 0 unspecified atom stereocenters. The number of hydrogen-bond donors (Lipinski definition) is 2. The van der Waals surface area contributed by atoms with Crippen LogP contribution in [-0.4, -0.2) is 75.8 Å². The molecule has 0 spiro atoms. The van der Waals surface area contributed by atoms with Crippen LogP contribution in [0.1, 0.15) is 43.4 Å². The number of rotatable bonds is 10. The van der Waals surface area contributed by atoms with E-state index in [0.29, 0.717) is 73.8 Å². The number of aromatic nitrogens is 1. The zero-order chi connectivity index (χ0) is 31.9. The van der Waals surface area contributed by atoms with Crippen LogP contribution in [0.25, 0.3) is 11.1 Å². The second kappa shape index (κ2) is 14.3. The number of anilines is 2. The summed E-state index contributed by atoms with van der Waals surface area (Å²) < 4.78 is 17.1. The van der Waals surface area contributed by atoms with Crippen molar-refractivity contribution in [3.05, 3.63) is 70.0 Å². The topological polar surface area (TPSA) is 122 Å². The molecule has 5 rings (SSSR count). The zero-order valence-electron chi connectivity index (χ0n) is 26.4. The Kier molecular flexibility index (Phi) is 10.1. The summed E-state index contributed by atoms with van der Waals surface area (Å²) in [5.74, 6) is 2.36. The van der Waals surface area contributed by atoms with Crippen LogP contribution in [0.2, 0.25) is 0 Å². The first-order chi connectivity index (χ1) is 21.8. The summed E-state index contributed by atoms with van der Waals surface area (Å²) >= 11 is 0. The second-order valence-corrected chi connectivity index (χ2v) is 11.2. The number of ether oxygens (including phenoxy) is 3. The number of aryl methyl sites for hydroxylation is 1. The van der Waals surface area contributed by atoms with Crippen molar-refractivity contribution in [1.29, 1.82) is 0 Å². The predicted molar refractivity (Wildman–Crippen MR) is 173 cm³/mol. The average molecular weight is 616 g/mol. The van der Waals surface area contributed by atoms with E-state index in [-0.39, 0.29) is 23.3 Å². The van der Waals surface area contributed by atoms with Gasteiger partial charge in [0.2, 0.25) is 23.0 Å². The van der Waals surface area contributed by atoms with E-state index in [4.69, 9.17) is 14.2 Å². The van der Waals surface area contributed by atoms with Gasteiger partial charge in [-0.25, -0.2) is 4.98 Å². The number of piperazine rings is 1. The number of benzene rings is 1. The van der Waals surface area contributed by atoms with Crippen molar-refractivity contribution < 1.29 is 23.8 Å². The van der Waals surface area contributed by atoms with Crippen molar-refractivity contribution in [2.75, 3.05) is 64.3 Å². The van der Waals surface area contributed by atoms with Gasteiger partial charge in [-0.15, -0.1) is 0 Å². The summed E-state index contributed by atoms with van der Waals surface area (Å²) in [5, 5.41) is 6.27. The normalized spacial score (nSPS) is 15.7. The Morgan fingerprint density at radius 3 is 2.42 bits per heavy atom. The highest BCUT2D eigenvalue weighted by Gasteiger charge is 2.29. The highest BCUT2D eigenvalue weighted by molar-refractivity contribution is 5.84. The zero-order valence-corrected chi connectivity index (χ0v) is 26.4. The van der Waals surface area contributed by atoms with Gasteiger partial charge in [-0.3, -0.25) is 14.4 Å². The fourth-order valence-electron chi connectivity index (χ4n) is 6.20. The van der Waals surface area contributed by atoms with Crippen molar-refractivity contribution in [1.82, 2.24) is 15.2 Å². The molecule has 1 saturated heterocycles. The minimum absolute atomic E-state index is 0.108. The molecule has 2 N–H and O–H groups in total. The molecular formula is C34H41N5O6. The first-order valence-electron chi connectivity index (χ1n) is 15.3. The van der Waals surface area contributed by atoms with Crippen molar-refractivity contribution in [3.63, 3.8) is 0 Å². The summed E-state index contributed by atoms with van der Waals surface area (Å²) in [6, 6.07) is 12.6. The summed E-state index contributed by atoms with van der Waals surface area (Å²) in [6.07, 6.45) is 3.96. The van der Waals surface area contributed by atoms with Gasteiger partial charge in [0.1, 0.15) is 5.82 Å². The molecule has 2 amide bonds. The largest absolute Gasteiger partial charge is 0.493 e. The summed E-state index contributed by atoms with van der Waals surface area (Å²) in [6.45, 7) is 4.74. The molecule has 0 saturated carbocycles. The summed E-state index contributed by atoms with van der Waals surface area (Å²) in [5.41, 5.74) is 3.45. The maximum Gasteiger partial charge on any atom is 0.222 e. The number of carbonyl (C=O) groups is 2. The number of nitrogens with one attached hydrogen (secondary N) is 2. The molecule has 1 aliphatic carbocycles. The maximum atomic E-state index is 13.5. The molecule has 11 nitrogen and oxygen atoms in total. The van der Waals surface area contributed by atoms with Gasteiger partial charge in [0.25, 0.3) is 0 Å². The molecule has 0 radical (unpaired) electrons. The fraction of sp³-hybridized carbons (Fsp3) is 0.412. The van der Waals surface area contributed by atoms with Gasteiger partial charge < -0.3 is 34.6 Å². The Morgan fingerprint density at radius 1 is 0.978 bits per heavy atom. The Morgan fingerprint density at radius 2 is 1.76 bits per heavy atom. The Balaban J connectivity index is 1.32. The first kappa shape index (κ1) is 31.6. The number of carbonyl (C=O) groups excluding carboxylic acids is 2. The quantitative estimate of drug-likeness (QED) is 0.328. The monoisotopic (exact) mass is 615 g/mol. The maximum absolute atomic E-state index is 13.5. The molecule has 3 aromatic rings. The second-order valence-electron chi connectivity index (χ2n) is 11.2. The highest BCUT2D eigenvalue weighted by Crippen LogP contribution is 2.50. The lowest BCUT2D eigenvalue weighted by Crippen LogP contribution is -2.49. The van der Waals surface area contributed by atoms with Crippen molar-refractivity contribution in [2.45, 2.75) is 38.6 Å². The van der Waals surface area contributed by atoms with Gasteiger partial charge in [0.05, 0.1) is 33.1 Å². The minimum atomic E-state index is -0.379. The van der Waals surface area contributed by atoms with E-state index in [1.807, 2.05) is 35.2 Å². The molecule has 1 fully saturated rings. The van der Waals surface area contributed by atoms with Crippen molar-refractivity contribution in [3.8, 4) is 28.4 Å². The number of amides is 2. The van der Waals surface area contributed by atoms with E-state index < -0.39 is 0 Å². The molecule has 2 aromatic carbocycles. The molecule has 0 bridgehead atoms. The Labute approximate surface area is 263 Å². The number of fused-ring (bicyclic) bond motifs is 3. The third kappa shape index (κ3) is 6.97. The average Bonchev–Trinajstić information content (AvgIpc) is 3.30. The van der Waals surface area contributed by atoms with Crippen LogP contribution >= 0.6 is 0 Å². The summed E-state index contributed by atoms with van der Waals surface area (Å²) in [7, 11) is 4.71. The van der Waals surface area contributed by atoms with Crippen LogP contribution in [0.15, 0.2) is 53.5 Å². The number of nitrogens with zero attached hydrogens (tertiary/aromatic N) is 3. The van der Waals surface area contributed by atoms with E-state index in [1.54, 1.807) is 39.7 Å². The third-order valence-corrected chi connectivity index (χ3v) is 8.40. The molecule has 2 heterocycles. The number of pyridine rings is 1. The lowest BCUT2D eigenvalue weighted by Gasteiger charge is -2.35. The Bertz CT molecular complexity index is 1590. The van der Waals surface area contributed by atoms with Crippen molar-refractivity contribution >= 4 is 23.3 Å². The number of hydrogen-bond acceptors (Lipinski definition) is 9. The van der Waals surface area contributed by atoms with E-state index in [0.717, 1.165) is 35.6 Å².